The van der Waals surface area contributed by atoms with Gasteiger partial charge in [0.2, 0.25) is 5.91 Å². The average molecular weight is 346 g/mol. The van der Waals surface area contributed by atoms with Crippen molar-refractivity contribution in [2.45, 2.75) is 11.3 Å². The van der Waals surface area contributed by atoms with Crippen molar-refractivity contribution in [2.24, 2.45) is 0 Å². The molecule has 0 aliphatic carbocycles. The van der Waals surface area contributed by atoms with Crippen LogP contribution in [0.15, 0.2) is 46.9 Å². The number of carbonyl (C=O) groups is 1. The number of anilines is 1. The second-order valence-corrected chi connectivity index (χ2v) is 7.09. The van der Waals surface area contributed by atoms with Gasteiger partial charge in [-0.05, 0) is 17.7 Å². The van der Waals surface area contributed by atoms with Crippen molar-refractivity contribution < 1.29 is 9.00 Å². The van der Waals surface area contributed by atoms with Crippen molar-refractivity contribution in [3.05, 3.63) is 47.6 Å². The third-order valence-corrected chi connectivity index (χ3v) is 4.91. The van der Waals surface area contributed by atoms with E-state index in [9.17, 15) is 9.00 Å². The molecule has 118 valence electrons. The fourth-order valence-corrected chi connectivity index (χ4v) is 3.23. The van der Waals surface area contributed by atoms with E-state index in [1.807, 2.05) is 17.5 Å². The number of thiazole rings is 1. The molecule has 0 saturated heterocycles. The first-order valence-corrected chi connectivity index (χ1v) is 9.22. The molecule has 23 heavy (non-hydrogen) atoms. The predicted molar refractivity (Wildman–Crippen MR) is 90.8 cm³/mol. The molecule has 1 amide bonds. The van der Waals surface area contributed by atoms with E-state index in [2.05, 4.69) is 20.5 Å². The largest absolute Gasteiger partial charge is 0.323 e. The first-order valence-electron chi connectivity index (χ1n) is 6.79. The average Bonchev–Trinajstić information content (AvgIpc) is 3.18. The van der Waals surface area contributed by atoms with Crippen LogP contribution in [0.1, 0.15) is 5.56 Å². The molecule has 0 radical (unpaired) electrons. The van der Waals surface area contributed by atoms with E-state index in [4.69, 9.17) is 0 Å². The van der Waals surface area contributed by atoms with Crippen molar-refractivity contribution in [2.75, 3.05) is 11.6 Å². The van der Waals surface area contributed by atoms with Gasteiger partial charge < -0.3 is 5.32 Å². The summed E-state index contributed by atoms with van der Waals surface area (Å²) >= 11 is 1.47. The first kappa shape index (κ1) is 15.6. The number of hydrogen-bond donors (Lipinski definition) is 2. The molecule has 2 heterocycles. The van der Waals surface area contributed by atoms with E-state index in [1.165, 1.54) is 11.3 Å². The van der Waals surface area contributed by atoms with Crippen LogP contribution in [0, 0.1) is 0 Å². The van der Waals surface area contributed by atoms with Crippen LogP contribution in [0.5, 0.6) is 0 Å². The van der Waals surface area contributed by atoms with E-state index < -0.39 is 10.8 Å². The molecule has 1 atom stereocenters. The molecule has 6 nitrogen and oxygen atoms in total. The Morgan fingerprint density at radius 3 is 2.78 bits per heavy atom. The van der Waals surface area contributed by atoms with Gasteiger partial charge in [-0.1, -0.05) is 12.1 Å². The number of H-pyrrole nitrogens is 1. The van der Waals surface area contributed by atoms with E-state index in [-0.39, 0.29) is 12.3 Å². The molecule has 0 aliphatic rings. The summed E-state index contributed by atoms with van der Waals surface area (Å²) in [6, 6.07) is 7.18. The van der Waals surface area contributed by atoms with Crippen molar-refractivity contribution in [3.8, 4) is 10.7 Å². The quantitative estimate of drug-likeness (QED) is 0.743. The minimum Gasteiger partial charge on any atom is -0.323 e. The maximum atomic E-state index is 12.2. The summed E-state index contributed by atoms with van der Waals surface area (Å²) in [5.74, 6) is -0.144. The van der Waals surface area contributed by atoms with Crippen molar-refractivity contribution >= 4 is 33.7 Å². The standard InChI is InChI=1S/C15H14N4O2S2/c1-23(21)11-4-2-10(3-5-11)8-13(20)18-12-9-17-19-14(12)15-16-6-7-22-15/h2-7,9H,8H2,1H3,(H,17,19)(H,18,20). The van der Waals surface area contributed by atoms with Crippen molar-refractivity contribution in [3.63, 3.8) is 0 Å². The molecule has 0 fully saturated rings. The molecule has 0 spiro atoms. The molecule has 3 aromatic rings. The predicted octanol–water partition coefficient (Wildman–Crippen LogP) is 2.45. The number of amides is 1. The molecule has 2 N–H and O–H groups in total. The second kappa shape index (κ2) is 6.84. The second-order valence-electron chi connectivity index (χ2n) is 4.82. The lowest BCUT2D eigenvalue weighted by Gasteiger charge is -2.05. The van der Waals surface area contributed by atoms with Crippen molar-refractivity contribution in [1.29, 1.82) is 0 Å². The number of aromatic nitrogens is 3. The Balaban J connectivity index is 1.68. The van der Waals surface area contributed by atoms with Crippen molar-refractivity contribution in [1.82, 2.24) is 15.2 Å². The maximum absolute atomic E-state index is 12.2. The monoisotopic (exact) mass is 346 g/mol. The zero-order valence-corrected chi connectivity index (χ0v) is 13.9. The maximum Gasteiger partial charge on any atom is 0.228 e. The summed E-state index contributed by atoms with van der Waals surface area (Å²) < 4.78 is 11.4. The van der Waals surface area contributed by atoms with Gasteiger partial charge in [0.1, 0.15) is 10.7 Å². The van der Waals surface area contributed by atoms with Gasteiger partial charge in [0, 0.05) is 33.5 Å². The summed E-state index contributed by atoms with van der Waals surface area (Å²) in [7, 11) is -1.02. The highest BCUT2D eigenvalue weighted by Gasteiger charge is 2.13. The highest BCUT2D eigenvalue weighted by atomic mass is 32.2. The summed E-state index contributed by atoms with van der Waals surface area (Å²) in [5.41, 5.74) is 2.16. The Morgan fingerprint density at radius 1 is 1.35 bits per heavy atom. The number of hydrogen-bond acceptors (Lipinski definition) is 5. The lowest BCUT2D eigenvalue weighted by Crippen LogP contribution is -2.14. The third-order valence-electron chi connectivity index (χ3n) is 3.18. The summed E-state index contributed by atoms with van der Waals surface area (Å²) in [5, 5.41) is 12.3. The van der Waals surface area contributed by atoms with Gasteiger partial charge in [0.25, 0.3) is 0 Å². The van der Waals surface area contributed by atoms with E-state index in [0.29, 0.717) is 11.4 Å². The van der Waals surface area contributed by atoms with Gasteiger partial charge >= 0.3 is 0 Å². The molecule has 2 aromatic heterocycles. The van der Waals surface area contributed by atoms with E-state index in [0.717, 1.165) is 15.5 Å². The van der Waals surface area contributed by atoms with Gasteiger partial charge in [-0.25, -0.2) is 4.98 Å². The molecule has 3 rings (SSSR count). The molecular formula is C15H14N4O2S2. The molecule has 1 aromatic carbocycles. The fraction of sp³-hybridized carbons (Fsp3) is 0.133. The van der Waals surface area contributed by atoms with Crippen LogP contribution in [-0.4, -0.2) is 31.6 Å². The van der Waals surface area contributed by atoms with Crippen LogP contribution < -0.4 is 5.32 Å². The van der Waals surface area contributed by atoms with Crippen LogP contribution >= 0.6 is 11.3 Å². The van der Waals surface area contributed by atoms with Gasteiger partial charge in [-0.3, -0.25) is 14.1 Å². The number of nitrogens with zero attached hydrogens (tertiary/aromatic N) is 2. The van der Waals surface area contributed by atoms with Gasteiger partial charge in [-0.15, -0.1) is 11.3 Å². The molecular weight excluding hydrogens is 332 g/mol. The number of benzene rings is 1. The smallest absolute Gasteiger partial charge is 0.228 e. The minimum absolute atomic E-state index is 0.144. The minimum atomic E-state index is -1.02. The highest BCUT2D eigenvalue weighted by Crippen LogP contribution is 2.26. The summed E-state index contributed by atoms with van der Waals surface area (Å²) in [4.78, 5) is 17.1. The molecule has 0 aliphatic heterocycles. The van der Waals surface area contributed by atoms with Crippen LogP contribution in [0.3, 0.4) is 0 Å². The number of rotatable bonds is 5. The number of nitrogens with one attached hydrogen (secondary N) is 2. The van der Waals surface area contributed by atoms with Crippen LogP contribution in [0.25, 0.3) is 10.7 Å². The lowest BCUT2D eigenvalue weighted by atomic mass is 10.1. The zero-order chi connectivity index (χ0) is 16.2. The molecule has 0 bridgehead atoms. The molecule has 1 unspecified atom stereocenters. The van der Waals surface area contributed by atoms with Crippen LogP contribution in [-0.2, 0) is 22.0 Å². The Kier molecular flexibility index (Phi) is 4.63. The third kappa shape index (κ3) is 3.72. The van der Waals surface area contributed by atoms with Gasteiger partial charge in [-0.2, -0.15) is 5.10 Å². The Labute approximate surface area is 139 Å². The van der Waals surface area contributed by atoms with Gasteiger partial charge in [0.15, 0.2) is 0 Å². The lowest BCUT2D eigenvalue weighted by molar-refractivity contribution is -0.115. The van der Waals surface area contributed by atoms with E-state index >= 15 is 0 Å². The fourth-order valence-electron chi connectivity index (χ4n) is 2.07. The topological polar surface area (TPSA) is 87.7 Å². The number of aromatic amines is 1. The summed E-state index contributed by atoms with van der Waals surface area (Å²) in [6.07, 6.45) is 5.13. The Hall–Kier alpha value is -2.32. The Bertz CT molecular complexity index is 826. The van der Waals surface area contributed by atoms with Crippen LogP contribution in [0.4, 0.5) is 5.69 Å². The van der Waals surface area contributed by atoms with Crippen LogP contribution in [0.2, 0.25) is 0 Å². The van der Waals surface area contributed by atoms with E-state index in [1.54, 1.807) is 30.8 Å². The first-order chi connectivity index (χ1) is 11.1. The van der Waals surface area contributed by atoms with Gasteiger partial charge in [0.05, 0.1) is 18.3 Å². The summed E-state index contributed by atoms with van der Waals surface area (Å²) in [6.45, 7) is 0. The highest BCUT2D eigenvalue weighted by molar-refractivity contribution is 7.84. The Morgan fingerprint density at radius 2 is 2.13 bits per heavy atom. The number of carbonyl (C=O) groups excluding carboxylic acids is 1. The zero-order valence-electron chi connectivity index (χ0n) is 12.3. The normalized spacial score (nSPS) is 12.0. The SMILES string of the molecule is CS(=O)c1ccc(CC(=O)Nc2cn[nH]c2-c2nccs2)cc1. The molecule has 0 saturated carbocycles. The molecule has 8 heteroatoms.